The van der Waals surface area contributed by atoms with Crippen LogP contribution < -0.4 is 5.32 Å². The van der Waals surface area contributed by atoms with E-state index in [0.717, 1.165) is 5.56 Å². The summed E-state index contributed by atoms with van der Waals surface area (Å²) in [4.78, 5) is 13.1. The van der Waals surface area contributed by atoms with Gasteiger partial charge in [-0.15, -0.1) is 0 Å². The van der Waals surface area contributed by atoms with Crippen LogP contribution in [0.1, 0.15) is 17.2 Å². The lowest BCUT2D eigenvalue weighted by Gasteiger charge is -2.12. The molecule has 0 spiro atoms. The largest absolute Gasteiger partial charge is 0.395 e. The van der Waals surface area contributed by atoms with Crippen LogP contribution in [-0.2, 0) is 0 Å². The van der Waals surface area contributed by atoms with Gasteiger partial charge in [0.15, 0.2) is 0 Å². The molecule has 2 N–H and O–H groups in total. The van der Waals surface area contributed by atoms with E-state index in [9.17, 15) is 4.79 Å². The number of carbonyl (C=O) groups is 1. The summed E-state index contributed by atoms with van der Waals surface area (Å²) in [5.74, 6) is 0. The highest BCUT2D eigenvalue weighted by molar-refractivity contribution is 5.77. The zero-order valence-corrected chi connectivity index (χ0v) is 9.31. The molecule has 1 heterocycles. The van der Waals surface area contributed by atoms with Crippen molar-refractivity contribution in [3.05, 3.63) is 35.4 Å². The fraction of sp³-hybridized carbons (Fsp3) is 0.417. The summed E-state index contributed by atoms with van der Waals surface area (Å²) >= 11 is 0. The fourth-order valence-corrected chi connectivity index (χ4v) is 1.89. The van der Waals surface area contributed by atoms with Crippen LogP contribution in [-0.4, -0.2) is 35.7 Å². The van der Waals surface area contributed by atoms with Gasteiger partial charge in [-0.05, 0) is 12.5 Å². The molecule has 4 heteroatoms. The minimum absolute atomic E-state index is 0.00797. The van der Waals surface area contributed by atoms with Gasteiger partial charge in [-0.2, -0.15) is 0 Å². The predicted octanol–water partition coefficient (Wildman–Crippen LogP) is 1.05. The van der Waals surface area contributed by atoms with E-state index in [1.807, 2.05) is 31.2 Å². The van der Waals surface area contributed by atoms with E-state index in [1.165, 1.54) is 5.56 Å². The fourth-order valence-electron chi connectivity index (χ4n) is 1.89. The quantitative estimate of drug-likeness (QED) is 0.800. The maximum absolute atomic E-state index is 11.5. The van der Waals surface area contributed by atoms with Crippen molar-refractivity contribution in [3.63, 3.8) is 0 Å². The summed E-state index contributed by atoms with van der Waals surface area (Å²) in [6.07, 6.45) is 0. The zero-order chi connectivity index (χ0) is 11.5. The molecular weight excluding hydrogens is 204 g/mol. The zero-order valence-electron chi connectivity index (χ0n) is 9.31. The van der Waals surface area contributed by atoms with Gasteiger partial charge in [-0.25, -0.2) is 4.79 Å². The average Bonchev–Trinajstić information content (AvgIpc) is 2.62. The van der Waals surface area contributed by atoms with E-state index in [-0.39, 0.29) is 18.7 Å². The van der Waals surface area contributed by atoms with E-state index < -0.39 is 0 Å². The third-order valence-corrected chi connectivity index (χ3v) is 2.84. The van der Waals surface area contributed by atoms with Crippen LogP contribution in [0.4, 0.5) is 4.79 Å². The second kappa shape index (κ2) is 4.53. The van der Waals surface area contributed by atoms with Gasteiger partial charge in [0.25, 0.3) is 0 Å². The van der Waals surface area contributed by atoms with Gasteiger partial charge < -0.3 is 15.3 Å². The maximum Gasteiger partial charge on any atom is 0.318 e. The molecule has 2 rings (SSSR count). The molecule has 1 aromatic carbocycles. The molecule has 1 atom stereocenters. The summed E-state index contributed by atoms with van der Waals surface area (Å²) in [5, 5.41) is 11.7. The molecule has 1 fully saturated rings. The Morgan fingerprint density at radius 1 is 1.44 bits per heavy atom. The second-order valence-corrected chi connectivity index (χ2v) is 4.08. The Bertz CT molecular complexity index is 375. The smallest absolute Gasteiger partial charge is 0.318 e. The van der Waals surface area contributed by atoms with Gasteiger partial charge in [0.1, 0.15) is 0 Å². The average molecular weight is 220 g/mol. The van der Waals surface area contributed by atoms with Crippen LogP contribution in [0.15, 0.2) is 24.3 Å². The number of nitrogens with zero attached hydrogens (tertiary/aromatic N) is 1. The molecule has 16 heavy (non-hydrogen) atoms. The van der Waals surface area contributed by atoms with Gasteiger partial charge in [-0.1, -0.05) is 29.8 Å². The van der Waals surface area contributed by atoms with Crippen LogP contribution in [0, 0.1) is 6.92 Å². The van der Waals surface area contributed by atoms with Crippen LogP contribution in [0.2, 0.25) is 0 Å². The first-order chi connectivity index (χ1) is 7.70. The number of amides is 2. The van der Waals surface area contributed by atoms with Crippen LogP contribution in [0.3, 0.4) is 0 Å². The van der Waals surface area contributed by atoms with Crippen molar-refractivity contribution in [1.82, 2.24) is 10.2 Å². The number of hydrogen-bond acceptors (Lipinski definition) is 2. The topological polar surface area (TPSA) is 52.6 Å². The summed E-state index contributed by atoms with van der Waals surface area (Å²) in [6, 6.07) is 8.08. The van der Waals surface area contributed by atoms with Crippen molar-refractivity contribution in [2.45, 2.75) is 13.0 Å². The monoisotopic (exact) mass is 220 g/mol. The Hall–Kier alpha value is -1.55. The number of hydrogen-bond donors (Lipinski definition) is 2. The number of aliphatic hydroxyl groups excluding tert-OH is 1. The number of carbonyl (C=O) groups excluding carboxylic acids is 1. The standard InChI is InChI=1S/C12H16N2O2/c1-9-2-4-10(5-3-9)11-8-14(6-7-15)12(16)13-11/h2-5,11,15H,6-8H2,1H3,(H,13,16). The molecule has 2 amide bonds. The Balaban J connectivity index is 2.07. The molecule has 0 radical (unpaired) electrons. The molecule has 1 aliphatic heterocycles. The third-order valence-electron chi connectivity index (χ3n) is 2.84. The van der Waals surface area contributed by atoms with E-state index in [0.29, 0.717) is 13.1 Å². The minimum Gasteiger partial charge on any atom is -0.395 e. The van der Waals surface area contributed by atoms with Gasteiger partial charge >= 0.3 is 6.03 Å². The Kier molecular flexibility index (Phi) is 3.10. The molecule has 1 saturated heterocycles. The number of urea groups is 1. The Labute approximate surface area is 94.9 Å². The highest BCUT2D eigenvalue weighted by Crippen LogP contribution is 2.20. The van der Waals surface area contributed by atoms with Crippen LogP contribution in [0.25, 0.3) is 0 Å². The molecule has 86 valence electrons. The first-order valence-corrected chi connectivity index (χ1v) is 5.43. The van der Waals surface area contributed by atoms with Crippen molar-refractivity contribution < 1.29 is 9.90 Å². The van der Waals surface area contributed by atoms with Gasteiger partial charge in [0, 0.05) is 13.1 Å². The molecule has 0 saturated carbocycles. The highest BCUT2D eigenvalue weighted by Gasteiger charge is 2.28. The number of rotatable bonds is 3. The number of benzene rings is 1. The van der Waals surface area contributed by atoms with Crippen molar-refractivity contribution in [2.75, 3.05) is 19.7 Å². The van der Waals surface area contributed by atoms with E-state index >= 15 is 0 Å². The summed E-state index contributed by atoms with van der Waals surface area (Å²) in [5.41, 5.74) is 2.32. The van der Waals surface area contributed by atoms with Crippen LogP contribution in [0.5, 0.6) is 0 Å². The second-order valence-electron chi connectivity index (χ2n) is 4.08. The van der Waals surface area contributed by atoms with Gasteiger partial charge in [-0.3, -0.25) is 0 Å². The first-order valence-electron chi connectivity index (χ1n) is 5.43. The van der Waals surface area contributed by atoms with E-state index in [2.05, 4.69) is 5.32 Å². The van der Waals surface area contributed by atoms with E-state index in [1.54, 1.807) is 4.90 Å². The van der Waals surface area contributed by atoms with Crippen molar-refractivity contribution in [3.8, 4) is 0 Å². The highest BCUT2D eigenvalue weighted by atomic mass is 16.3. The third kappa shape index (κ3) is 2.17. The van der Waals surface area contributed by atoms with Crippen molar-refractivity contribution >= 4 is 6.03 Å². The molecule has 4 nitrogen and oxygen atoms in total. The summed E-state index contributed by atoms with van der Waals surface area (Å²) in [7, 11) is 0. The SMILES string of the molecule is Cc1ccc(C2CN(CCO)C(=O)N2)cc1. The number of nitrogens with one attached hydrogen (secondary N) is 1. The molecule has 1 unspecified atom stereocenters. The lowest BCUT2D eigenvalue weighted by molar-refractivity contribution is 0.196. The van der Waals surface area contributed by atoms with E-state index in [4.69, 9.17) is 5.11 Å². The molecular formula is C12H16N2O2. The summed E-state index contributed by atoms with van der Waals surface area (Å²) in [6.45, 7) is 3.07. The normalized spacial score (nSPS) is 20.0. The van der Waals surface area contributed by atoms with Crippen molar-refractivity contribution in [1.29, 1.82) is 0 Å². The molecule has 0 bridgehead atoms. The molecule has 0 aliphatic carbocycles. The summed E-state index contributed by atoms with van der Waals surface area (Å²) < 4.78 is 0. The van der Waals surface area contributed by atoms with Gasteiger partial charge in [0.05, 0.1) is 12.6 Å². The molecule has 1 aromatic rings. The van der Waals surface area contributed by atoms with Gasteiger partial charge in [0.2, 0.25) is 0 Å². The Morgan fingerprint density at radius 3 is 2.75 bits per heavy atom. The lowest BCUT2D eigenvalue weighted by atomic mass is 10.1. The molecule has 1 aliphatic rings. The Morgan fingerprint density at radius 2 is 2.12 bits per heavy atom. The van der Waals surface area contributed by atoms with Crippen LogP contribution >= 0.6 is 0 Å². The first kappa shape index (κ1) is 11.0. The number of β-amino-alcohol motifs (C(OH)–C–C–N with tert-alkyl or cyclic N) is 1. The predicted molar refractivity (Wildman–Crippen MR) is 61.1 cm³/mol. The minimum atomic E-state index is -0.0976. The number of aliphatic hydroxyl groups is 1. The lowest BCUT2D eigenvalue weighted by Crippen LogP contribution is -2.30. The number of aryl methyl sites for hydroxylation is 1. The maximum atomic E-state index is 11.5. The molecule has 0 aromatic heterocycles. The van der Waals surface area contributed by atoms with Crippen molar-refractivity contribution in [2.24, 2.45) is 0 Å².